The van der Waals surface area contributed by atoms with Gasteiger partial charge in [0.1, 0.15) is 0 Å². The topological polar surface area (TPSA) is 112 Å². The fourth-order valence-corrected chi connectivity index (χ4v) is 2.31. The van der Waals surface area contributed by atoms with Crippen molar-refractivity contribution in [1.29, 1.82) is 5.39 Å². The molecule has 0 aliphatic heterocycles. The van der Waals surface area contributed by atoms with E-state index in [2.05, 4.69) is 10.2 Å². The van der Waals surface area contributed by atoms with Crippen LogP contribution in [0.15, 0.2) is 5.10 Å². The maximum atomic E-state index is 10.7. The van der Waals surface area contributed by atoms with E-state index in [-0.39, 0.29) is 5.04 Å². The Kier molecular flexibility index (Phi) is 11.3. The summed E-state index contributed by atoms with van der Waals surface area (Å²) in [5.74, 6) is 0. The number of diazo groups is 1. The van der Waals surface area contributed by atoms with Crippen LogP contribution in [0.4, 0.5) is 0 Å². The number of rotatable bonds is 9. The number of hydrogen-bond donors (Lipinski definition) is 1. The second-order valence-electron chi connectivity index (χ2n) is 3.92. The molecule has 9 heteroatoms. The van der Waals surface area contributed by atoms with E-state index in [0.717, 1.165) is 32.1 Å². The predicted octanol–water partition coefficient (Wildman–Crippen LogP) is 2.18. The average Bonchev–Trinajstić information content (AvgIpc) is 2.34. The highest BCUT2D eigenvalue weighted by molar-refractivity contribution is 7.95. The van der Waals surface area contributed by atoms with Gasteiger partial charge in [-0.05, 0) is 19.3 Å². The van der Waals surface area contributed by atoms with Crippen LogP contribution in [-0.2, 0) is 21.4 Å². The van der Waals surface area contributed by atoms with Crippen molar-refractivity contribution in [3.05, 3.63) is 5.08 Å². The lowest BCUT2D eigenvalue weighted by atomic mass is 10.1. The molecule has 0 fully saturated rings. The van der Waals surface area contributed by atoms with Crippen molar-refractivity contribution < 1.29 is 17.2 Å². The van der Waals surface area contributed by atoms with Gasteiger partial charge in [-0.15, -0.1) is 0 Å². The Morgan fingerprint density at radius 2 is 1.68 bits per heavy atom. The van der Waals surface area contributed by atoms with Gasteiger partial charge in [0.25, 0.3) is 5.39 Å². The molecule has 0 rings (SSSR count). The largest absolute Gasteiger partial charge is 0.340 e. The molecule has 0 saturated heterocycles. The molecule has 0 aliphatic rings. The number of unbranched alkanes of at least 4 members (excludes halogenated alkanes) is 6. The monoisotopic (exact) mass is 308 g/mol. The first-order valence-electron chi connectivity index (χ1n) is 6.01. The molecule has 0 aromatic rings. The van der Waals surface area contributed by atoms with Crippen LogP contribution in [0.3, 0.4) is 0 Å². The van der Waals surface area contributed by atoms with Gasteiger partial charge in [-0.3, -0.25) is 0 Å². The third-order valence-electron chi connectivity index (χ3n) is 2.46. The van der Waals surface area contributed by atoms with E-state index in [1.165, 1.54) is 5.37 Å². The van der Waals surface area contributed by atoms with Crippen LogP contribution in [0, 0.1) is 5.39 Å². The second-order valence-corrected chi connectivity index (χ2v) is 5.74. The first kappa shape index (κ1) is 17.9. The molecule has 0 saturated carbocycles. The molecule has 0 aliphatic carbocycles. The van der Waals surface area contributed by atoms with Gasteiger partial charge >= 0.3 is 5.08 Å². The summed E-state index contributed by atoms with van der Waals surface area (Å²) < 4.78 is 40.0. The Balaban J connectivity index is 3.55. The fourth-order valence-electron chi connectivity index (χ4n) is 1.53. The molecule has 1 atom stereocenters. The van der Waals surface area contributed by atoms with Crippen molar-refractivity contribution >= 4 is 31.8 Å². The van der Waals surface area contributed by atoms with E-state index >= 15 is 0 Å². The Morgan fingerprint density at radius 3 is 2.21 bits per heavy atom. The van der Waals surface area contributed by atoms with Crippen LogP contribution in [0.1, 0.15) is 51.4 Å². The van der Waals surface area contributed by atoms with Gasteiger partial charge in [0.05, 0.1) is 0 Å². The highest BCUT2D eigenvalue weighted by Crippen LogP contribution is 2.09. The van der Waals surface area contributed by atoms with E-state index < -0.39 is 21.4 Å². The normalized spacial score (nSPS) is 12.7. The Morgan fingerprint density at radius 1 is 1.11 bits per heavy atom. The highest BCUT2D eigenvalue weighted by Gasteiger charge is 2.11. The first-order valence-corrected chi connectivity index (χ1v) is 8.25. The predicted molar refractivity (Wildman–Crippen MR) is 75.2 cm³/mol. The summed E-state index contributed by atoms with van der Waals surface area (Å²) in [5.41, 5.74) is 0. The van der Waals surface area contributed by atoms with Gasteiger partial charge in [-0.1, -0.05) is 25.7 Å². The molecule has 1 unspecified atom stereocenters. The zero-order valence-electron chi connectivity index (χ0n) is 10.6. The van der Waals surface area contributed by atoms with E-state index in [4.69, 9.17) is 9.95 Å². The number of hydrogen-bond acceptors (Lipinski definition) is 5. The minimum atomic E-state index is -2.19. The Bertz CT molecular complexity index is 471. The smallest absolute Gasteiger partial charge is 0.301 e. The van der Waals surface area contributed by atoms with Gasteiger partial charge in [0, 0.05) is 11.8 Å². The summed E-state index contributed by atoms with van der Waals surface area (Å²) in [6.07, 6.45) is 6.29. The van der Waals surface area contributed by atoms with E-state index in [9.17, 15) is 12.6 Å². The van der Waals surface area contributed by atoms with Crippen LogP contribution in [-0.4, -0.2) is 27.6 Å². The molecule has 0 spiro atoms. The van der Waals surface area contributed by atoms with Gasteiger partial charge in [0.15, 0.2) is 5.10 Å². The van der Waals surface area contributed by atoms with Crippen LogP contribution in [0.25, 0.3) is 5.08 Å². The molecule has 19 heavy (non-hydrogen) atoms. The second kappa shape index (κ2) is 12.0. The molecule has 0 aromatic heterocycles. The fraction of sp³-hybridized carbons (Fsp3) is 0.800. The van der Waals surface area contributed by atoms with Gasteiger partial charge in [-0.2, -0.15) is 8.42 Å². The van der Waals surface area contributed by atoms with Crippen LogP contribution < -0.4 is 0 Å². The van der Waals surface area contributed by atoms with Crippen molar-refractivity contribution in [3.63, 3.8) is 0 Å². The van der Waals surface area contributed by atoms with E-state index in [1.807, 2.05) is 0 Å². The molecule has 108 valence electrons. The average molecular weight is 308 g/mol. The lowest BCUT2D eigenvalue weighted by molar-refractivity contribution is 0.574. The third-order valence-corrected chi connectivity index (χ3v) is 3.65. The Hall–Kier alpha value is -1.11. The summed E-state index contributed by atoms with van der Waals surface area (Å²) >= 11 is -2.19. The lowest BCUT2D eigenvalue weighted by Crippen LogP contribution is -2.05. The zero-order valence-corrected chi connectivity index (χ0v) is 12.2. The van der Waals surface area contributed by atoms with Crippen LogP contribution in [0.2, 0.25) is 0 Å². The quantitative estimate of drug-likeness (QED) is 0.133. The van der Waals surface area contributed by atoms with Crippen molar-refractivity contribution in [1.82, 2.24) is 0 Å². The SMILES string of the molecule is N#[N+]N=C(CCCCCCCCC=S(=O)=O)S(=O)O. The molecule has 0 radical (unpaired) electrons. The first-order chi connectivity index (χ1) is 9.07. The zero-order chi connectivity index (χ0) is 14.5. The summed E-state index contributed by atoms with van der Waals surface area (Å²) in [7, 11) is -2.06. The number of nitrogens with zero attached hydrogens (tertiary/aromatic N) is 3. The standard InChI is InChI=1S/C10H17N3O4S2/c11-13-12-10(19(16)17)8-6-4-2-1-3-5-7-9-18(14)15/h9H,1-8H2/p+1. The maximum Gasteiger partial charge on any atom is 0.340 e. The van der Waals surface area contributed by atoms with Crippen molar-refractivity contribution in [2.24, 2.45) is 5.10 Å². The molecule has 1 N–H and O–H groups in total. The lowest BCUT2D eigenvalue weighted by Gasteiger charge is -1.99. The van der Waals surface area contributed by atoms with Crippen molar-refractivity contribution in [2.45, 2.75) is 51.4 Å². The Labute approximate surface area is 116 Å². The van der Waals surface area contributed by atoms with Crippen LogP contribution in [0.5, 0.6) is 0 Å². The van der Waals surface area contributed by atoms with Gasteiger partial charge in [-0.25, -0.2) is 4.21 Å². The van der Waals surface area contributed by atoms with Crippen molar-refractivity contribution in [3.8, 4) is 0 Å². The molecule has 0 bridgehead atoms. The molecule has 0 amide bonds. The highest BCUT2D eigenvalue weighted by atomic mass is 32.2. The van der Waals surface area contributed by atoms with Gasteiger partial charge < -0.3 is 4.55 Å². The molecular formula is C10H18N3O4S2+. The van der Waals surface area contributed by atoms with Crippen molar-refractivity contribution in [2.75, 3.05) is 0 Å². The summed E-state index contributed by atoms with van der Waals surface area (Å²) in [5, 5.41) is 15.1. The minimum Gasteiger partial charge on any atom is -0.301 e. The molecular weight excluding hydrogens is 290 g/mol. The molecule has 7 nitrogen and oxygen atoms in total. The van der Waals surface area contributed by atoms with Gasteiger partial charge in [0.2, 0.25) is 26.4 Å². The third kappa shape index (κ3) is 11.7. The summed E-state index contributed by atoms with van der Waals surface area (Å²) in [6.45, 7) is 0. The maximum absolute atomic E-state index is 10.7. The summed E-state index contributed by atoms with van der Waals surface area (Å²) in [4.78, 5) is 0. The van der Waals surface area contributed by atoms with Crippen LogP contribution >= 0.6 is 0 Å². The molecule has 0 aromatic carbocycles. The van der Waals surface area contributed by atoms with E-state index in [0.29, 0.717) is 19.3 Å². The van der Waals surface area contributed by atoms with E-state index in [1.54, 1.807) is 0 Å². The molecule has 0 heterocycles. The minimum absolute atomic E-state index is 0.0324. The summed E-state index contributed by atoms with van der Waals surface area (Å²) in [6, 6.07) is 0.